The number of amides is 1. The van der Waals surface area contributed by atoms with Crippen molar-refractivity contribution in [1.82, 2.24) is 29.6 Å². The topological polar surface area (TPSA) is 89.3 Å². The number of thioether (sulfide) groups is 1. The Balaban J connectivity index is 1.21. The van der Waals surface area contributed by atoms with Gasteiger partial charge in [0.05, 0.1) is 23.3 Å². The van der Waals surface area contributed by atoms with Gasteiger partial charge in [0.1, 0.15) is 0 Å². The van der Waals surface area contributed by atoms with Gasteiger partial charge >= 0.3 is 0 Å². The lowest BCUT2D eigenvalue weighted by Gasteiger charge is -2.34. The predicted molar refractivity (Wildman–Crippen MR) is 124 cm³/mol. The molecule has 0 aliphatic carbocycles. The van der Waals surface area contributed by atoms with Crippen molar-refractivity contribution >= 4 is 35.0 Å². The molecule has 0 N–H and O–H groups in total. The van der Waals surface area contributed by atoms with Gasteiger partial charge in [0.25, 0.3) is 0 Å². The van der Waals surface area contributed by atoms with Crippen LogP contribution in [-0.2, 0) is 16.1 Å². The molecule has 168 valence electrons. The van der Waals surface area contributed by atoms with Gasteiger partial charge in [-0.1, -0.05) is 17.8 Å². The van der Waals surface area contributed by atoms with Gasteiger partial charge in [-0.15, -0.1) is 21.5 Å². The minimum absolute atomic E-state index is 0.118. The summed E-state index contributed by atoms with van der Waals surface area (Å²) in [6.45, 7) is 4.33. The number of ether oxygens (including phenoxy) is 1. The maximum absolute atomic E-state index is 12.9. The van der Waals surface area contributed by atoms with Crippen LogP contribution in [0.25, 0.3) is 10.7 Å². The highest BCUT2D eigenvalue weighted by Crippen LogP contribution is 2.29. The molecule has 0 bridgehead atoms. The van der Waals surface area contributed by atoms with Gasteiger partial charge in [0.15, 0.2) is 11.0 Å². The number of rotatable bonds is 7. The number of anilines is 1. The summed E-state index contributed by atoms with van der Waals surface area (Å²) in [4.78, 5) is 26.6. The molecule has 2 fully saturated rings. The molecule has 1 atom stereocenters. The molecule has 2 aliphatic rings. The van der Waals surface area contributed by atoms with E-state index in [0.717, 1.165) is 54.3 Å². The van der Waals surface area contributed by atoms with E-state index in [2.05, 4.69) is 35.7 Å². The molecular formula is C21H25N7O2S2. The molecule has 0 saturated carbocycles. The molecule has 32 heavy (non-hydrogen) atoms. The van der Waals surface area contributed by atoms with Crippen LogP contribution in [0.2, 0.25) is 0 Å². The third kappa shape index (κ3) is 4.79. The van der Waals surface area contributed by atoms with Crippen molar-refractivity contribution in [2.45, 2.75) is 30.6 Å². The highest BCUT2D eigenvalue weighted by Gasteiger charge is 2.25. The highest BCUT2D eigenvalue weighted by atomic mass is 32.2. The molecule has 5 heterocycles. The van der Waals surface area contributed by atoms with Crippen LogP contribution >= 0.6 is 23.1 Å². The summed E-state index contributed by atoms with van der Waals surface area (Å²) in [6, 6.07) is 5.87. The van der Waals surface area contributed by atoms with E-state index >= 15 is 0 Å². The van der Waals surface area contributed by atoms with Crippen molar-refractivity contribution in [3.8, 4) is 10.7 Å². The standard InChI is InChI=1S/C21H25N7O2S2/c29-18(26-8-10-27(11-9-26)20-22-6-3-7-23-20)15-32-21-25-24-19(17-5-2-13-31-17)28(21)14-16-4-1-12-30-16/h2-3,5-7,13,16H,1,4,8-12,14-15H2. The van der Waals surface area contributed by atoms with Crippen LogP contribution in [0.1, 0.15) is 12.8 Å². The van der Waals surface area contributed by atoms with Crippen LogP contribution in [0.3, 0.4) is 0 Å². The maximum atomic E-state index is 12.9. The van der Waals surface area contributed by atoms with Crippen LogP contribution < -0.4 is 4.90 Å². The van der Waals surface area contributed by atoms with E-state index < -0.39 is 0 Å². The second-order valence-corrected chi connectivity index (χ2v) is 9.62. The van der Waals surface area contributed by atoms with Crippen molar-refractivity contribution in [2.75, 3.05) is 43.4 Å². The Morgan fingerprint density at radius 2 is 2.00 bits per heavy atom. The van der Waals surface area contributed by atoms with E-state index in [1.807, 2.05) is 22.4 Å². The average molecular weight is 472 g/mol. The Morgan fingerprint density at radius 1 is 1.16 bits per heavy atom. The van der Waals surface area contributed by atoms with Crippen molar-refractivity contribution in [1.29, 1.82) is 0 Å². The molecule has 0 radical (unpaired) electrons. The number of carbonyl (C=O) groups excluding carboxylic acids is 1. The van der Waals surface area contributed by atoms with E-state index in [4.69, 9.17) is 4.74 Å². The third-order valence-electron chi connectivity index (χ3n) is 5.66. The van der Waals surface area contributed by atoms with Gasteiger partial charge < -0.3 is 14.5 Å². The first-order valence-electron chi connectivity index (χ1n) is 10.8. The molecule has 2 saturated heterocycles. The summed E-state index contributed by atoms with van der Waals surface area (Å²) in [5, 5.41) is 11.7. The fourth-order valence-corrected chi connectivity index (χ4v) is 5.54. The fourth-order valence-electron chi connectivity index (χ4n) is 3.97. The quantitative estimate of drug-likeness (QED) is 0.486. The first-order chi connectivity index (χ1) is 15.8. The Morgan fingerprint density at radius 3 is 2.72 bits per heavy atom. The summed E-state index contributed by atoms with van der Waals surface area (Å²) in [5.74, 6) is 2.03. The lowest BCUT2D eigenvalue weighted by Crippen LogP contribution is -2.49. The Hall–Kier alpha value is -2.50. The molecular weight excluding hydrogens is 446 g/mol. The molecule has 3 aromatic heterocycles. The number of carbonyl (C=O) groups is 1. The van der Waals surface area contributed by atoms with Crippen LogP contribution in [0.4, 0.5) is 5.95 Å². The molecule has 9 nitrogen and oxygen atoms in total. The fraction of sp³-hybridized carbons (Fsp3) is 0.476. The zero-order chi connectivity index (χ0) is 21.8. The van der Waals surface area contributed by atoms with Crippen LogP contribution in [-0.4, -0.2) is 80.2 Å². The summed E-state index contributed by atoms with van der Waals surface area (Å²) in [5.41, 5.74) is 0. The van der Waals surface area contributed by atoms with Crippen molar-refractivity contribution in [3.05, 3.63) is 36.0 Å². The van der Waals surface area contributed by atoms with E-state index in [1.54, 1.807) is 23.7 Å². The summed E-state index contributed by atoms with van der Waals surface area (Å²) < 4.78 is 7.96. The second-order valence-electron chi connectivity index (χ2n) is 7.73. The Bertz CT molecular complexity index is 1010. The van der Waals surface area contributed by atoms with Gasteiger partial charge in [-0.05, 0) is 30.4 Å². The largest absolute Gasteiger partial charge is 0.376 e. The number of piperazine rings is 1. The van der Waals surface area contributed by atoms with E-state index in [0.29, 0.717) is 25.4 Å². The lowest BCUT2D eigenvalue weighted by molar-refractivity contribution is -0.128. The van der Waals surface area contributed by atoms with E-state index in [1.165, 1.54) is 11.8 Å². The number of aromatic nitrogens is 5. The highest BCUT2D eigenvalue weighted by molar-refractivity contribution is 7.99. The van der Waals surface area contributed by atoms with Crippen LogP contribution in [0.5, 0.6) is 0 Å². The SMILES string of the molecule is O=C(CSc1nnc(-c2cccs2)n1CC1CCCO1)N1CCN(c2ncccn2)CC1. The molecule has 11 heteroatoms. The molecule has 0 spiro atoms. The third-order valence-corrected chi connectivity index (χ3v) is 7.48. The molecule has 3 aromatic rings. The van der Waals surface area contributed by atoms with Gasteiger partial charge in [-0.2, -0.15) is 0 Å². The van der Waals surface area contributed by atoms with E-state index in [-0.39, 0.29) is 12.0 Å². The first kappa shape index (κ1) is 21.4. The number of thiophene rings is 1. The van der Waals surface area contributed by atoms with Gasteiger partial charge in [-0.25, -0.2) is 9.97 Å². The minimum Gasteiger partial charge on any atom is -0.376 e. The van der Waals surface area contributed by atoms with Gasteiger partial charge in [0.2, 0.25) is 11.9 Å². The molecule has 5 rings (SSSR count). The van der Waals surface area contributed by atoms with Gasteiger partial charge in [0, 0.05) is 45.2 Å². The van der Waals surface area contributed by atoms with Crippen LogP contribution in [0, 0.1) is 0 Å². The Kier molecular flexibility index (Phi) is 6.65. The van der Waals surface area contributed by atoms with Crippen molar-refractivity contribution < 1.29 is 9.53 Å². The number of hydrogen-bond acceptors (Lipinski definition) is 9. The smallest absolute Gasteiger partial charge is 0.233 e. The molecule has 0 aromatic carbocycles. The zero-order valence-corrected chi connectivity index (χ0v) is 19.3. The molecule has 2 aliphatic heterocycles. The van der Waals surface area contributed by atoms with Crippen molar-refractivity contribution in [2.24, 2.45) is 0 Å². The van der Waals surface area contributed by atoms with Crippen LogP contribution in [0.15, 0.2) is 41.1 Å². The molecule has 1 unspecified atom stereocenters. The summed E-state index contributed by atoms with van der Waals surface area (Å²) in [6.07, 6.45) is 5.79. The monoisotopic (exact) mass is 471 g/mol. The van der Waals surface area contributed by atoms with Crippen molar-refractivity contribution in [3.63, 3.8) is 0 Å². The van der Waals surface area contributed by atoms with Gasteiger partial charge in [-0.3, -0.25) is 9.36 Å². The number of nitrogens with zero attached hydrogens (tertiary/aromatic N) is 7. The maximum Gasteiger partial charge on any atom is 0.233 e. The number of hydrogen-bond donors (Lipinski definition) is 0. The first-order valence-corrected chi connectivity index (χ1v) is 12.7. The van der Waals surface area contributed by atoms with E-state index in [9.17, 15) is 4.79 Å². The average Bonchev–Trinajstić information content (AvgIpc) is 3.61. The normalized spacial score (nSPS) is 18.9. The summed E-state index contributed by atoms with van der Waals surface area (Å²) in [7, 11) is 0. The zero-order valence-electron chi connectivity index (χ0n) is 17.7. The Labute approximate surface area is 194 Å². The predicted octanol–water partition coefficient (Wildman–Crippen LogP) is 2.42. The molecule has 1 amide bonds. The second kappa shape index (κ2) is 9.97. The minimum atomic E-state index is 0.118. The summed E-state index contributed by atoms with van der Waals surface area (Å²) >= 11 is 3.10. The lowest BCUT2D eigenvalue weighted by atomic mass is 10.2.